The van der Waals surface area contributed by atoms with E-state index in [2.05, 4.69) is 5.32 Å². The first-order valence-electron chi connectivity index (χ1n) is 13.7. The molecule has 4 aromatic rings. The van der Waals surface area contributed by atoms with Gasteiger partial charge in [-0.05, 0) is 61.4 Å². The van der Waals surface area contributed by atoms with E-state index in [0.29, 0.717) is 17.3 Å². The lowest BCUT2D eigenvalue weighted by Gasteiger charge is -2.33. The number of rotatable bonds is 12. The molecule has 0 aliphatic carbocycles. The number of likely N-dealkylation sites (N-methyl/N-ethyl adjacent to an activating group) is 1. The lowest BCUT2D eigenvalue weighted by molar-refractivity contribution is -0.140. The summed E-state index contributed by atoms with van der Waals surface area (Å²) in [5.74, 6) is -0.822. The van der Waals surface area contributed by atoms with Crippen LogP contribution < -0.4 is 9.62 Å². The quantitative estimate of drug-likeness (QED) is 0.228. The topological polar surface area (TPSA) is 86.8 Å². The SMILES string of the molecule is CCNC(=O)C(Cc1ccccc1)N(Cc1ccccc1)C(=O)CN(c1ccc(C)cc1)S(=O)(=O)c1ccc(Cl)cc1. The molecule has 0 saturated carbocycles. The van der Waals surface area contributed by atoms with Crippen LogP contribution in [0.3, 0.4) is 0 Å². The molecular formula is C33H34ClN3O4S. The minimum atomic E-state index is -4.17. The molecule has 0 radical (unpaired) electrons. The van der Waals surface area contributed by atoms with Crippen molar-refractivity contribution in [3.63, 3.8) is 0 Å². The van der Waals surface area contributed by atoms with Gasteiger partial charge in [0.2, 0.25) is 11.8 Å². The molecule has 4 rings (SSSR count). The number of aryl methyl sites for hydroxylation is 1. The molecule has 1 N–H and O–H groups in total. The van der Waals surface area contributed by atoms with Gasteiger partial charge in [-0.15, -0.1) is 0 Å². The third-order valence-electron chi connectivity index (χ3n) is 6.82. The zero-order valence-corrected chi connectivity index (χ0v) is 25.2. The number of carbonyl (C=O) groups excluding carboxylic acids is 2. The van der Waals surface area contributed by atoms with Crippen LogP contribution in [0.2, 0.25) is 5.02 Å². The number of hydrogen-bond donors (Lipinski definition) is 1. The molecule has 0 heterocycles. The maximum atomic E-state index is 14.3. The molecule has 9 heteroatoms. The Morgan fingerprint density at radius 2 is 1.38 bits per heavy atom. The highest BCUT2D eigenvalue weighted by Gasteiger charge is 2.34. The van der Waals surface area contributed by atoms with E-state index in [1.165, 1.54) is 29.2 Å². The van der Waals surface area contributed by atoms with Crippen molar-refractivity contribution in [2.75, 3.05) is 17.4 Å². The second kappa shape index (κ2) is 14.2. The monoisotopic (exact) mass is 603 g/mol. The molecule has 0 fully saturated rings. The number of benzene rings is 4. The molecule has 0 aliphatic rings. The van der Waals surface area contributed by atoms with Gasteiger partial charge in [0.25, 0.3) is 10.0 Å². The van der Waals surface area contributed by atoms with E-state index in [1.807, 2.05) is 74.5 Å². The predicted molar refractivity (Wildman–Crippen MR) is 167 cm³/mol. The molecule has 2 amide bonds. The van der Waals surface area contributed by atoms with Crippen molar-refractivity contribution in [2.24, 2.45) is 0 Å². The minimum Gasteiger partial charge on any atom is -0.355 e. The summed E-state index contributed by atoms with van der Waals surface area (Å²) in [6.07, 6.45) is 0.264. The van der Waals surface area contributed by atoms with E-state index in [0.717, 1.165) is 21.0 Å². The Labute approximate surface area is 252 Å². The van der Waals surface area contributed by atoms with E-state index < -0.39 is 28.5 Å². The summed E-state index contributed by atoms with van der Waals surface area (Å²) in [6.45, 7) is 3.72. The Kier molecular flexibility index (Phi) is 10.4. The van der Waals surface area contributed by atoms with Gasteiger partial charge in [0.1, 0.15) is 12.6 Å². The smallest absolute Gasteiger partial charge is 0.264 e. The van der Waals surface area contributed by atoms with Crippen molar-refractivity contribution in [1.29, 1.82) is 0 Å². The zero-order valence-electron chi connectivity index (χ0n) is 23.6. The fourth-order valence-electron chi connectivity index (χ4n) is 4.60. The first-order valence-corrected chi connectivity index (χ1v) is 15.5. The van der Waals surface area contributed by atoms with Gasteiger partial charge in [-0.1, -0.05) is 90.0 Å². The van der Waals surface area contributed by atoms with Gasteiger partial charge in [0.15, 0.2) is 0 Å². The summed E-state index contributed by atoms with van der Waals surface area (Å²) in [5, 5.41) is 3.26. The van der Waals surface area contributed by atoms with Gasteiger partial charge >= 0.3 is 0 Å². The third kappa shape index (κ3) is 7.78. The van der Waals surface area contributed by atoms with E-state index >= 15 is 0 Å². The van der Waals surface area contributed by atoms with E-state index in [-0.39, 0.29) is 23.8 Å². The van der Waals surface area contributed by atoms with Crippen LogP contribution in [0.1, 0.15) is 23.6 Å². The maximum absolute atomic E-state index is 14.3. The number of nitrogens with zero attached hydrogens (tertiary/aromatic N) is 2. The summed E-state index contributed by atoms with van der Waals surface area (Å²) in [5.41, 5.74) is 2.97. The maximum Gasteiger partial charge on any atom is 0.264 e. The van der Waals surface area contributed by atoms with E-state index in [9.17, 15) is 18.0 Å². The van der Waals surface area contributed by atoms with Gasteiger partial charge in [0.05, 0.1) is 10.6 Å². The van der Waals surface area contributed by atoms with Crippen molar-refractivity contribution in [3.8, 4) is 0 Å². The number of carbonyl (C=O) groups is 2. The Morgan fingerprint density at radius 3 is 1.95 bits per heavy atom. The lowest BCUT2D eigenvalue weighted by atomic mass is 10.0. The minimum absolute atomic E-state index is 0.000513. The van der Waals surface area contributed by atoms with Crippen LogP contribution in [0.15, 0.2) is 114 Å². The predicted octanol–water partition coefficient (Wildman–Crippen LogP) is 5.62. The molecule has 218 valence electrons. The van der Waals surface area contributed by atoms with Crippen LogP contribution in [0.4, 0.5) is 5.69 Å². The molecular weight excluding hydrogens is 570 g/mol. The van der Waals surface area contributed by atoms with Crippen LogP contribution in [0.25, 0.3) is 0 Å². The molecule has 7 nitrogen and oxygen atoms in total. The first kappa shape index (κ1) is 30.8. The summed E-state index contributed by atoms with van der Waals surface area (Å²) in [6, 6.07) is 30.7. The highest BCUT2D eigenvalue weighted by atomic mass is 35.5. The van der Waals surface area contributed by atoms with Gasteiger partial charge in [-0.3, -0.25) is 13.9 Å². The number of hydrogen-bond acceptors (Lipinski definition) is 4. The van der Waals surface area contributed by atoms with Crippen LogP contribution >= 0.6 is 11.6 Å². The number of anilines is 1. The molecule has 0 saturated heterocycles. The van der Waals surface area contributed by atoms with Crippen LogP contribution in [-0.4, -0.2) is 44.3 Å². The molecule has 1 unspecified atom stereocenters. The Morgan fingerprint density at radius 1 is 0.810 bits per heavy atom. The molecule has 0 aliphatic heterocycles. The third-order valence-corrected chi connectivity index (χ3v) is 8.86. The molecule has 4 aromatic carbocycles. The summed E-state index contributed by atoms with van der Waals surface area (Å²) in [7, 11) is -4.17. The van der Waals surface area contributed by atoms with Crippen molar-refractivity contribution in [1.82, 2.24) is 10.2 Å². The largest absolute Gasteiger partial charge is 0.355 e. The number of nitrogens with one attached hydrogen (secondary N) is 1. The highest BCUT2D eigenvalue weighted by Crippen LogP contribution is 2.26. The average molecular weight is 604 g/mol. The zero-order chi connectivity index (χ0) is 30.1. The Bertz CT molecular complexity index is 1580. The van der Waals surface area contributed by atoms with Crippen LogP contribution in [0.5, 0.6) is 0 Å². The van der Waals surface area contributed by atoms with Gasteiger partial charge in [0, 0.05) is 24.5 Å². The van der Waals surface area contributed by atoms with E-state index in [1.54, 1.807) is 24.3 Å². The standard InChI is InChI=1S/C33H34ClN3O4S/c1-3-35-33(39)31(22-26-10-6-4-7-11-26)36(23-27-12-8-5-9-13-27)32(38)24-37(29-18-14-25(2)15-19-29)42(40,41)30-20-16-28(34)17-21-30/h4-21,31H,3,22-24H2,1-2H3,(H,35,39). The van der Waals surface area contributed by atoms with Crippen molar-refractivity contribution < 1.29 is 18.0 Å². The number of sulfonamides is 1. The normalized spacial score (nSPS) is 11.9. The van der Waals surface area contributed by atoms with E-state index in [4.69, 9.17) is 11.6 Å². The molecule has 1 atom stereocenters. The number of halogens is 1. The average Bonchev–Trinajstić information content (AvgIpc) is 2.99. The van der Waals surface area contributed by atoms with Gasteiger partial charge in [-0.25, -0.2) is 8.42 Å². The fraction of sp³-hybridized carbons (Fsp3) is 0.212. The van der Waals surface area contributed by atoms with Gasteiger partial charge < -0.3 is 10.2 Å². The summed E-state index contributed by atoms with van der Waals surface area (Å²) in [4.78, 5) is 29.2. The Hall–Kier alpha value is -4.14. The molecule has 0 bridgehead atoms. The van der Waals surface area contributed by atoms with Crippen LogP contribution in [-0.2, 0) is 32.6 Å². The second-order valence-corrected chi connectivity index (χ2v) is 12.2. The highest BCUT2D eigenvalue weighted by molar-refractivity contribution is 7.92. The van der Waals surface area contributed by atoms with Crippen molar-refractivity contribution >= 4 is 39.1 Å². The van der Waals surface area contributed by atoms with Gasteiger partial charge in [-0.2, -0.15) is 0 Å². The van der Waals surface area contributed by atoms with Crippen molar-refractivity contribution in [2.45, 2.75) is 37.8 Å². The Balaban J connectivity index is 1.77. The van der Waals surface area contributed by atoms with Crippen LogP contribution in [0, 0.1) is 6.92 Å². The summed E-state index contributed by atoms with van der Waals surface area (Å²) < 4.78 is 29.0. The molecule has 0 aromatic heterocycles. The second-order valence-electron chi connectivity index (χ2n) is 9.91. The fourth-order valence-corrected chi connectivity index (χ4v) is 6.14. The lowest BCUT2D eigenvalue weighted by Crippen LogP contribution is -2.53. The first-order chi connectivity index (χ1) is 20.2. The molecule has 0 spiro atoms. The number of amides is 2. The summed E-state index contributed by atoms with van der Waals surface area (Å²) >= 11 is 6.03. The van der Waals surface area contributed by atoms with Crippen molar-refractivity contribution in [3.05, 3.63) is 131 Å². The molecule has 42 heavy (non-hydrogen) atoms.